The molecule has 2 unspecified atom stereocenters. The molecule has 4 rings (SSSR count). The number of carbonyl (C=O) groups is 1. The Labute approximate surface area is 184 Å². The number of aliphatic hydroxyl groups is 1. The molecule has 1 aliphatic heterocycles. The van der Waals surface area contributed by atoms with Gasteiger partial charge in [0, 0.05) is 10.8 Å². The quantitative estimate of drug-likeness (QED) is 0.571. The summed E-state index contributed by atoms with van der Waals surface area (Å²) in [7, 11) is 0. The van der Waals surface area contributed by atoms with Gasteiger partial charge in [-0.1, -0.05) is 42.1 Å². The van der Waals surface area contributed by atoms with Crippen molar-refractivity contribution in [3.63, 3.8) is 0 Å². The number of hydrogen-bond acceptors (Lipinski definition) is 7. The largest absolute Gasteiger partial charge is 0.490 e. The van der Waals surface area contributed by atoms with Gasteiger partial charge in [0.15, 0.2) is 0 Å². The lowest BCUT2D eigenvalue weighted by molar-refractivity contribution is 0.104. The molecule has 162 valence electrons. The molecule has 0 saturated carbocycles. The lowest BCUT2D eigenvalue weighted by Gasteiger charge is -2.13. The first-order chi connectivity index (χ1) is 15.1. The minimum absolute atomic E-state index is 0.0602. The highest BCUT2D eigenvalue weighted by atomic mass is 32.2. The predicted molar refractivity (Wildman–Crippen MR) is 118 cm³/mol. The lowest BCUT2D eigenvalue weighted by Crippen LogP contribution is -2.18. The molecule has 1 aliphatic rings. The van der Waals surface area contributed by atoms with Gasteiger partial charge in [0.05, 0.1) is 6.61 Å². The van der Waals surface area contributed by atoms with E-state index in [0.29, 0.717) is 29.7 Å². The minimum Gasteiger partial charge on any atom is -0.490 e. The number of aliphatic hydroxyl groups excluding tert-OH is 1. The van der Waals surface area contributed by atoms with Crippen molar-refractivity contribution in [1.29, 1.82) is 0 Å². The van der Waals surface area contributed by atoms with E-state index in [-0.39, 0.29) is 23.8 Å². The molecule has 1 amide bonds. The van der Waals surface area contributed by atoms with Crippen molar-refractivity contribution in [2.24, 2.45) is 0 Å². The Morgan fingerprint density at radius 1 is 1.23 bits per heavy atom. The third-order valence-corrected chi connectivity index (χ3v) is 5.85. The van der Waals surface area contributed by atoms with E-state index in [4.69, 9.17) is 13.9 Å². The Morgan fingerprint density at radius 2 is 2.00 bits per heavy atom. The fourth-order valence-electron chi connectivity index (χ4n) is 3.29. The second-order valence-corrected chi connectivity index (χ2v) is 8.49. The molecule has 31 heavy (non-hydrogen) atoms. The van der Waals surface area contributed by atoms with Gasteiger partial charge >= 0.3 is 0 Å². The van der Waals surface area contributed by atoms with Crippen LogP contribution in [0.1, 0.15) is 23.1 Å². The summed E-state index contributed by atoms with van der Waals surface area (Å²) in [6.07, 6.45) is -0.180. The fourth-order valence-corrected chi connectivity index (χ4v) is 4.17. The number of thioether (sulfide) groups is 1. The molecule has 2 N–H and O–H groups in total. The van der Waals surface area contributed by atoms with Crippen LogP contribution < -0.4 is 10.1 Å². The number of benzene rings is 2. The summed E-state index contributed by atoms with van der Waals surface area (Å²) >= 11 is 1.26. The Hall–Kier alpha value is -2.81. The Morgan fingerprint density at radius 3 is 2.77 bits per heavy atom. The number of carbonyl (C=O) groups excluding carboxylic acids is 1. The summed E-state index contributed by atoms with van der Waals surface area (Å²) in [5.74, 6) is 1.69. The van der Waals surface area contributed by atoms with Crippen molar-refractivity contribution < 1.29 is 23.8 Å². The zero-order chi connectivity index (χ0) is 21.6. The van der Waals surface area contributed by atoms with Gasteiger partial charge in [-0.2, -0.15) is 0 Å². The molecule has 1 fully saturated rings. The van der Waals surface area contributed by atoms with Crippen LogP contribution in [0, 0.1) is 6.92 Å². The number of ether oxygens (including phenoxy) is 2. The smallest absolute Gasteiger partial charge is 0.281 e. The fraction of sp³-hybridized carbons (Fsp3) is 0.304. The summed E-state index contributed by atoms with van der Waals surface area (Å²) in [6.45, 7) is 2.63. The van der Waals surface area contributed by atoms with Crippen molar-refractivity contribution in [2.75, 3.05) is 19.9 Å². The van der Waals surface area contributed by atoms with E-state index in [0.717, 1.165) is 17.5 Å². The van der Waals surface area contributed by atoms with Gasteiger partial charge in [0.25, 0.3) is 5.24 Å². The number of nitrogens with zero attached hydrogens (tertiary/aromatic N) is 1. The van der Waals surface area contributed by atoms with Crippen molar-refractivity contribution >= 4 is 17.0 Å². The van der Waals surface area contributed by atoms with Gasteiger partial charge in [-0.3, -0.25) is 4.79 Å². The molecule has 0 aliphatic carbocycles. The van der Waals surface area contributed by atoms with E-state index in [2.05, 4.69) is 10.3 Å². The molecule has 2 aromatic carbocycles. The highest BCUT2D eigenvalue weighted by Crippen LogP contribution is 2.26. The number of amides is 1. The molecular weight excluding hydrogens is 416 g/mol. The van der Waals surface area contributed by atoms with Crippen LogP contribution in [0.3, 0.4) is 0 Å². The molecule has 1 saturated heterocycles. The van der Waals surface area contributed by atoms with Crippen LogP contribution in [0.15, 0.2) is 59.0 Å². The van der Waals surface area contributed by atoms with E-state index in [1.54, 1.807) is 6.92 Å². The molecule has 2 heterocycles. The Bertz CT molecular complexity index is 1010. The number of nitrogens with one attached hydrogen (secondary N) is 1. The lowest BCUT2D eigenvalue weighted by atomic mass is 10.1. The zero-order valence-corrected chi connectivity index (χ0v) is 17.9. The highest BCUT2D eigenvalue weighted by molar-refractivity contribution is 8.14. The molecule has 8 heteroatoms. The maximum absolute atomic E-state index is 11.6. The average molecular weight is 441 g/mol. The van der Waals surface area contributed by atoms with E-state index in [9.17, 15) is 9.90 Å². The predicted octanol–water partition coefficient (Wildman–Crippen LogP) is 4.10. The van der Waals surface area contributed by atoms with Gasteiger partial charge in [-0.05, 0) is 43.2 Å². The number of rotatable bonds is 7. The van der Waals surface area contributed by atoms with Crippen LogP contribution >= 0.6 is 11.8 Å². The third kappa shape index (κ3) is 5.66. The molecular formula is C23H24N2O5S. The molecule has 7 nitrogen and oxygen atoms in total. The topological polar surface area (TPSA) is 93.8 Å². The first-order valence-electron chi connectivity index (χ1n) is 10.0. The van der Waals surface area contributed by atoms with Crippen LogP contribution in [0.5, 0.6) is 5.75 Å². The average Bonchev–Trinajstić information content (AvgIpc) is 3.06. The number of oxazole rings is 1. The monoisotopic (exact) mass is 440 g/mol. The SMILES string of the molecule is Cc1oc(-c2ccccc2)nc1C(O)COc1ccc(CC2COCNC(=O)S2)cc1. The van der Waals surface area contributed by atoms with Gasteiger partial charge in [-0.15, -0.1) is 0 Å². The molecule has 0 bridgehead atoms. The van der Waals surface area contributed by atoms with E-state index < -0.39 is 6.10 Å². The first-order valence-corrected chi connectivity index (χ1v) is 10.9. The Balaban J connectivity index is 1.33. The van der Waals surface area contributed by atoms with Crippen LogP contribution in [0.2, 0.25) is 0 Å². The number of aryl methyl sites for hydroxylation is 1. The molecule has 0 spiro atoms. The van der Waals surface area contributed by atoms with E-state index in [1.807, 2.05) is 54.6 Å². The van der Waals surface area contributed by atoms with Crippen LogP contribution in [-0.4, -0.2) is 40.5 Å². The minimum atomic E-state index is -0.904. The van der Waals surface area contributed by atoms with Crippen molar-refractivity contribution in [3.05, 3.63) is 71.6 Å². The maximum atomic E-state index is 11.6. The van der Waals surface area contributed by atoms with E-state index >= 15 is 0 Å². The van der Waals surface area contributed by atoms with Crippen molar-refractivity contribution in [1.82, 2.24) is 10.3 Å². The maximum Gasteiger partial charge on any atom is 0.281 e. The second-order valence-electron chi connectivity index (χ2n) is 7.22. The summed E-state index contributed by atoms with van der Waals surface area (Å²) < 4.78 is 16.9. The summed E-state index contributed by atoms with van der Waals surface area (Å²) in [4.78, 5) is 16.1. The highest BCUT2D eigenvalue weighted by Gasteiger charge is 2.20. The first kappa shape index (κ1) is 21.4. The van der Waals surface area contributed by atoms with Gasteiger partial charge in [0.1, 0.15) is 36.6 Å². The van der Waals surface area contributed by atoms with E-state index in [1.165, 1.54) is 11.8 Å². The van der Waals surface area contributed by atoms with Crippen LogP contribution in [-0.2, 0) is 11.2 Å². The van der Waals surface area contributed by atoms with Gasteiger partial charge in [0.2, 0.25) is 5.89 Å². The zero-order valence-electron chi connectivity index (χ0n) is 17.1. The van der Waals surface area contributed by atoms with Crippen LogP contribution in [0.25, 0.3) is 11.5 Å². The summed E-state index contributed by atoms with van der Waals surface area (Å²) in [5, 5.41) is 13.2. The normalized spacial score (nSPS) is 17.6. The molecule has 2 atom stereocenters. The standard InChI is InChI=1S/C23H24N2O5S/c1-15-21(25-22(30-15)17-5-3-2-4-6-17)20(26)13-29-18-9-7-16(8-10-18)11-19-12-28-14-24-23(27)31-19/h2-10,19-20,26H,11-14H2,1H3,(H,24,27). The third-order valence-electron chi connectivity index (χ3n) is 4.86. The van der Waals surface area contributed by atoms with Crippen molar-refractivity contribution in [2.45, 2.75) is 24.7 Å². The second kappa shape index (κ2) is 10.00. The van der Waals surface area contributed by atoms with Crippen molar-refractivity contribution in [3.8, 4) is 17.2 Å². The van der Waals surface area contributed by atoms with Gasteiger partial charge in [-0.25, -0.2) is 4.98 Å². The number of hydrogen-bond donors (Lipinski definition) is 2. The van der Waals surface area contributed by atoms with Crippen LogP contribution in [0.4, 0.5) is 4.79 Å². The van der Waals surface area contributed by atoms with Gasteiger partial charge < -0.3 is 24.3 Å². The molecule has 3 aromatic rings. The molecule has 0 radical (unpaired) electrons. The number of aromatic nitrogens is 1. The summed E-state index contributed by atoms with van der Waals surface area (Å²) in [6, 6.07) is 17.2. The molecule has 1 aromatic heterocycles. The Kier molecular flexibility index (Phi) is 6.91. The summed E-state index contributed by atoms with van der Waals surface area (Å²) in [5.41, 5.74) is 2.41.